The summed E-state index contributed by atoms with van der Waals surface area (Å²) in [6.45, 7) is 2.06. The minimum Gasteiger partial charge on any atom is -0.507 e. The number of benzene rings is 2. The third-order valence-electron chi connectivity index (χ3n) is 4.85. The van der Waals surface area contributed by atoms with Gasteiger partial charge in [0.1, 0.15) is 5.75 Å². The van der Waals surface area contributed by atoms with E-state index in [2.05, 4.69) is 6.92 Å². The van der Waals surface area contributed by atoms with E-state index in [1.165, 1.54) is 6.07 Å². The van der Waals surface area contributed by atoms with Crippen LogP contribution in [0, 0.1) is 5.92 Å². The highest BCUT2D eigenvalue weighted by molar-refractivity contribution is 6.29. The van der Waals surface area contributed by atoms with Gasteiger partial charge in [0.15, 0.2) is 11.6 Å². The van der Waals surface area contributed by atoms with Crippen molar-refractivity contribution in [2.45, 2.75) is 25.9 Å². The maximum Gasteiger partial charge on any atom is 0.198 e. The van der Waals surface area contributed by atoms with Gasteiger partial charge in [0.25, 0.3) is 0 Å². The Labute approximate surface area is 133 Å². The van der Waals surface area contributed by atoms with Crippen LogP contribution in [0.15, 0.2) is 30.3 Å². The lowest BCUT2D eigenvalue weighted by atomic mass is 9.74. The molecule has 0 heterocycles. The second kappa shape index (κ2) is 4.77. The van der Waals surface area contributed by atoms with Crippen LogP contribution in [0.4, 0.5) is 0 Å². The van der Waals surface area contributed by atoms with Crippen molar-refractivity contribution in [3.8, 4) is 5.75 Å². The Kier molecular flexibility index (Phi) is 2.93. The topological polar surface area (TPSA) is 74.6 Å². The normalized spacial score (nSPS) is 22.3. The summed E-state index contributed by atoms with van der Waals surface area (Å²) in [7, 11) is 0. The molecule has 0 unspecified atom stereocenters. The molecule has 0 radical (unpaired) electrons. The molecule has 4 rings (SSSR count). The van der Waals surface area contributed by atoms with Crippen molar-refractivity contribution in [2.24, 2.45) is 5.92 Å². The Bertz CT molecular complexity index is 866. The Hall–Kier alpha value is -2.46. The van der Waals surface area contributed by atoms with Crippen LogP contribution < -0.4 is 0 Å². The lowest BCUT2D eigenvalue weighted by Crippen LogP contribution is -2.27. The Morgan fingerprint density at radius 2 is 1.70 bits per heavy atom. The summed E-state index contributed by atoms with van der Waals surface area (Å²) < 4.78 is 0. The highest BCUT2D eigenvalue weighted by Crippen LogP contribution is 2.41. The van der Waals surface area contributed by atoms with Gasteiger partial charge < -0.3 is 10.2 Å². The van der Waals surface area contributed by atoms with Crippen molar-refractivity contribution >= 4 is 11.6 Å². The second-order valence-corrected chi connectivity index (χ2v) is 6.48. The van der Waals surface area contributed by atoms with Gasteiger partial charge in [-0.2, -0.15) is 0 Å². The van der Waals surface area contributed by atoms with Gasteiger partial charge in [-0.05, 0) is 42.0 Å². The van der Waals surface area contributed by atoms with Gasteiger partial charge in [-0.25, -0.2) is 0 Å². The van der Waals surface area contributed by atoms with Gasteiger partial charge in [-0.1, -0.05) is 25.1 Å². The fourth-order valence-electron chi connectivity index (χ4n) is 3.85. The van der Waals surface area contributed by atoms with Crippen LogP contribution in [0.5, 0.6) is 5.75 Å². The first-order valence-electron chi connectivity index (χ1n) is 7.74. The number of phenolic OH excluding ortho intramolecular Hbond substituents is 1. The van der Waals surface area contributed by atoms with Crippen molar-refractivity contribution in [3.63, 3.8) is 0 Å². The molecule has 2 aliphatic carbocycles. The van der Waals surface area contributed by atoms with E-state index in [0.717, 1.165) is 12.0 Å². The molecule has 0 spiro atoms. The lowest BCUT2D eigenvalue weighted by molar-refractivity contribution is 0.0963. The molecule has 0 amide bonds. The monoisotopic (exact) mass is 308 g/mol. The van der Waals surface area contributed by atoms with Crippen LogP contribution in [0.3, 0.4) is 0 Å². The van der Waals surface area contributed by atoms with E-state index in [1.54, 1.807) is 18.2 Å². The van der Waals surface area contributed by atoms with Crippen molar-refractivity contribution in [2.75, 3.05) is 0 Å². The third kappa shape index (κ3) is 1.88. The van der Waals surface area contributed by atoms with Gasteiger partial charge in [0, 0.05) is 16.7 Å². The lowest BCUT2D eigenvalue weighted by Gasteiger charge is -2.30. The molecule has 2 atom stereocenters. The van der Waals surface area contributed by atoms with E-state index >= 15 is 0 Å². The van der Waals surface area contributed by atoms with E-state index in [0.29, 0.717) is 23.5 Å². The number of carbonyl (C=O) groups is 2. The average molecular weight is 308 g/mol. The molecular weight excluding hydrogens is 292 g/mol. The van der Waals surface area contributed by atoms with Crippen molar-refractivity contribution in [1.29, 1.82) is 0 Å². The van der Waals surface area contributed by atoms with E-state index in [9.17, 15) is 19.8 Å². The Balaban J connectivity index is 2.01. The molecule has 0 aromatic heterocycles. The highest BCUT2D eigenvalue weighted by Gasteiger charge is 2.37. The largest absolute Gasteiger partial charge is 0.507 e. The van der Waals surface area contributed by atoms with Crippen molar-refractivity contribution in [1.82, 2.24) is 0 Å². The summed E-state index contributed by atoms with van der Waals surface area (Å²) in [5, 5.41) is 20.5. The number of ketones is 2. The second-order valence-electron chi connectivity index (χ2n) is 6.48. The number of fused-ring (bicyclic) bond motifs is 4. The average Bonchev–Trinajstić information content (AvgIpc) is 2.51. The van der Waals surface area contributed by atoms with Crippen LogP contribution in [0.1, 0.15) is 62.4 Å². The third-order valence-corrected chi connectivity index (χ3v) is 4.85. The molecule has 4 nitrogen and oxygen atoms in total. The molecule has 2 aromatic rings. The minimum atomic E-state index is -0.737. The van der Waals surface area contributed by atoms with Crippen LogP contribution in [0.2, 0.25) is 0 Å². The zero-order valence-corrected chi connectivity index (χ0v) is 12.7. The zero-order chi connectivity index (χ0) is 16.3. The number of hydrogen-bond donors (Lipinski definition) is 2. The quantitative estimate of drug-likeness (QED) is 0.669. The number of carbonyl (C=O) groups excluding carboxylic acids is 2. The summed E-state index contributed by atoms with van der Waals surface area (Å²) in [5.41, 5.74) is 2.37. The first kappa shape index (κ1) is 14.2. The number of aliphatic hydroxyl groups is 1. The molecule has 0 saturated heterocycles. The minimum absolute atomic E-state index is 0.0589. The van der Waals surface area contributed by atoms with Gasteiger partial charge >= 0.3 is 0 Å². The van der Waals surface area contributed by atoms with Crippen LogP contribution in [0.25, 0.3) is 0 Å². The molecule has 0 bridgehead atoms. The smallest absolute Gasteiger partial charge is 0.198 e. The number of aliphatic hydroxyl groups excluding tert-OH is 1. The zero-order valence-electron chi connectivity index (χ0n) is 12.7. The molecule has 0 fully saturated rings. The number of hydrogen-bond acceptors (Lipinski definition) is 4. The predicted molar refractivity (Wildman–Crippen MR) is 83.9 cm³/mol. The Morgan fingerprint density at radius 1 is 1.00 bits per heavy atom. The maximum atomic E-state index is 12.9. The molecule has 116 valence electrons. The van der Waals surface area contributed by atoms with E-state index in [-0.39, 0.29) is 34.0 Å². The van der Waals surface area contributed by atoms with Crippen molar-refractivity contribution in [3.05, 3.63) is 63.7 Å². The van der Waals surface area contributed by atoms with Crippen molar-refractivity contribution < 1.29 is 19.8 Å². The first-order valence-corrected chi connectivity index (χ1v) is 7.74. The molecule has 4 heteroatoms. The van der Waals surface area contributed by atoms with Gasteiger partial charge in [0.05, 0.1) is 11.7 Å². The predicted octanol–water partition coefficient (Wildman–Crippen LogP) is 2.78. The maximum absolute atomic E-state index is 12.9. The number of rotatable bonds is 0. The number of aromatic hydroxyl groups is 1. The summed E-state index contributed by atoms with van der Waals surface area (Å²) in [6.07, 6.45) is 0.630. The molecule has 23 heavy (non-hydrogen) atoms. The molecule has 2 N–H and O–H groups in total. The van der Waals surface area contributed by atoms with Gasteiger partial charge in [-0.3, -0.25) is 9.59 Å². The van der Waals surface area contributed by atoms with Crippen LogP contribution >= 0.6 is 0 Å². The molecule has 2 aromatic carbocycles. The first-order chi connectivity index (χ1) is 11.0. The summed E-state index contributed by atoms with van der Waals surface area (Å²) in [6, 6.07) is 7.98. The summed E-state index contributed by atoms with van der Waals surface area (Å²) >= 11 is 0. The molecule has 0 aliphatic heterocycles. The van der Waals surface area contributed by atoms with E-state index in [1.807, 2.05) is 6.07 Å². The molecular formula is C19H16O4. The fraction of sp³-hybridized carbons (Fsp3) is 0.263. The fourth-order valence-corrected chi connectivity index (χ4v) is 3.85. The van der Waals surface area contributed by atoms with Crippen LogP contribution in [-0.4, -0.2) is 21.8 Å². The molecule has 2 aliphatic rings. The molecule has 0 saturated carbocycles. The highest BCUT2D eigenvalue weighted by atomic mass is 16.3. The summed E-state index contributed by atoms with van der Waals surface area (Å²) in [5.74, 6) is -0.503. The van der Waals surface area contributed by atoms with Gasteiger partial charge in [0.2, 0.25) is 0 Å². The van der Waals surface area contributed by atoms with Gasteiger partial charge in [-0.15, -0.1) is 0 Å². The van der Waals surface area contributed by atoms with E-state index in [4.69, 9.17) is 0 Å². The van der Waals surface area contributed by atoms with Crippen LogP contribution in [-0.2, 0) is 6.42 Å². The SMILES string of the molecule is C[C@H]1Cc2ccc3c(c2[C@@H](O)C1)C(=O)c1cccc(O)c1C3=O. The van der Waals surface area contributed by atoms with E-state index < -0.39 is 6.10 Å². The Morgan fingerprint density at radius 3 is 2.48 bits per heavy atom. The number of phenols is 1. The summed E-state index contributed by atoms with van der Waals surface area (Å²) in [4.78, 5) is 25.7. The standard InChI is InChI=1S/C19H16O4/c1-9-7-10-5-6-12-17(15(10)14(21)8-9)19(23)11-3-2-4-13(20)16(11)18(12)22/h2-6,9,14,20-21H,7-8H2,1H3/t9-,14-/m0/s1.